The molecule has 0 saturated carbocycles. The molecule has 3 unspecified atom stereocenters. The standard InChI is InChI=1S/C39H32N2O/c1-24-23-25(21-22-33(24)41-34-18-8-7-17-32(34)40)37-26-11-2-4-13-28(26)38(29-14-5-3-12-27(29)37)31-16-10-20-36-39(31)30-15-6-9-19-35(30)42-36/h2-16,18-24,32-33,41H,17,40H2,1H3. The van der Waals surface area contributed by atoms with E-state index in [1.54, 1.807) is 0 Å². The highest BCUT2D eigenvalue weighted by Gasteiger charge is 2.24. The first kappa shape index (κ1) is 24.9. The van der Waals surface area contributed by atoms with Gasteiger partial charge in [0, 0.05) is 22.5 Å². The molecule has 2 aliphatic carbocycles. The first-order valence-corrected chi connectivity index (χ1v) is 14.8. The fourth-order valence-corrected chi connectivity index (χ4v) is 6.88. The van der Waals surface area contributed by atoms with E-state index in [0.29, 0.717) is 5.92 Å². The lowest BCUT2D eigenvalue weighted by Gasteiger charge is -2.30. The van der Waals surface area contributed by atoms with E-state index >= 15 is 0 Å². The van der Waals surface area contributed by atoms with Gasteiger partial charge in [-0.25, -0.2) is 0 Å². The minimum Gasteiger partial charge on any atom is -0.456 e. The van der Waals surface area contributed by atoms with Gasteiger partial charge in [-0.05, 0) is 74.4 Å². The van der Waals surface area contributed by atoms with Gasteiger partial charge in [0.15, 0.2) is 0 Å². The molecule has 0 fully saturated rings. The van der Waals surface area contributed by atoms with Crippen LogP contribution in [0.5, 0.6) is 0 Å². The zero-order valence-electron chi connectivity index (χ0n) is 23.5. The van der Waals surface area contributed by atoms with E-state index < -0.39 is 0 Å². The van der Waals surface area contributed by atoms with Crippen molar-refractivity contribution in [3.05, 3.63) is 139 Å². The first-order valence-electron chi connectivity index (χ1n) is 14.8. The van der Waals surface area contributed by atoms with Crippen molar-refractivity contribution in [2.75, 3.05) is 0 Å². The summed E-state index contributed by atoms with van der Waals surface area (Å²) in [6, 6.07) is 32.7. The van der Waals surface area contributed by atoms with E-state index in [0.717, 1.165) is 28.7 Å². The molecule has 0 spiro atoms. The zero-order chi connectivity index (χ0) is 28.2. The first-order chi connectivity index (χ1) is 20.7. The van der Waals surface area contributed by atoms with Gasteiger partial charge in [0.05, 0.1) is 6.04 Å². The molecular weight excluding hydrogens is 512 g/mol. The predicted octanol–water partition coefficient (Wildman–Crippen LogP) is 9.28. The summed E-state index contributed by atoms with van der Waals surface area (Å²) in [5.41, 5.74) is 14.3. The molecule has 42 heavy (non-hydrogen) atoms. The summed E-state index contributed by atoms with van der Waals surface area (Å²) in [6.07, 6.45) is 14.2. The average molecular weight is 545 g/mol. The van der Waals surface area contributed by atoms with Crippen LogP contribution < -0.4 is 11.1 Å². The molecule has 3 atom stereocenters. The van der Waals surface area contributed by atoms with E-state index in [1.165, 1.54) is 49.2 Å². The van der Waals surface area contributed by atoms with Crippen molar-refractivity contribution in [2.45, 2.75) is 25.4 Å². The molecule has 8 rings (SSSR count). The average Bonchev–Trinajstić information content (AvgIpc) is 3.41. The summed E-state index contributed by atoms with van der Waals surface area (Å²) in [5, 5.41) is 11.0. The Hall–Kier alpha value is -4.86. The van der Waals surface area contributed by atoms with Crippen molar-refractivity contribution in [2.24, 2.45) is 11.7 Å². The smallest absolute Gasteiger partial charge is 0.136 e. The highest BCUT2D eigenvalue weighted by atomic mass is 16.3. The van der Waals surface area contributed by atoms with Gasteiger partial charge in [0.2, 0.25) is 0 Å². The maximum absolute atomic E-state index is 6.38. The lowest BCUT2D eigenvalue weighted by molar-refractivity contribution is 0.517. The van der Waals surface area contributed by atoms with Gasteiger partial charge in [0.1, 0.15) is 11.2 Å². The van der Waals surface area contributed by atoms with Crippen LogP contribution in [0.1, 0.15) is 18.9 Å². The highest BCUT2D eigenvalue weighted by molar-refractivity contribution is 6.24. The molecule has 204 valence electrons. The van der Waals surface area contributed by atoms with Crippen molar-refractivity contribution in [1.82, 2.24) is 5.32 Å². The topological polar surface area (TPSA) is 51.2 Å². The van der Waals surface area contributed by atoms with Crippen molar-refractivity contribution < 1.29 is 4.42 Å². The molecule has 3 nitrogen and oxygen atoms in total. The maximum atomic E-state index is 6.38. The number of hydrogen-bond acceptors (Lipinski definition) is 3. The molecule has 1 heterocycles. The molecule has 0 amide bonds. The summed E-state index contributed by atoms with van der Waals surface area (Å²) >= 11 is 0. The van der Waals surface area contributed by atoms with E-state index in [1.807, 2.05) is 6.07 Å². The lowest BCUT2D eigenvalue weighted by Crippen LogP contribution is -2.40. The Balaban J connectivity index is 1.33. The van der Waals surface area contributed by atoms with Gasteiger partial charge < -0.3 is 15.5 Å². The van der Waals surface area contributed by atoms with Crippen molar-refractivity contribution in [3.8, 4) is 11.1 Å². The van der Waals surface area contributed by atoms with E-state index in [2.05, 4.69) is 134 Å². The molecule has 0 aliphatic heterocycles. The van der Waals surface area contributed by atoms with Gasteiger partial charge in [-0.2, -0.15) is 0 Å². The molecular formula is C39H32N2O. The number of nitrogens with one attached hydrogen (secondary N) is 1. The third-order valence-electron chi connectivity index (χ3n) is 8.92. The van der Waals surface area contributed by atoms with Crippen LogP contribution in [-0.2, 0) is 0 Å². The SMILES string of the molecule is CC1C=C(c2c3ccccc3c(-c3cccc4oc5ccccc5c34)c3ccccc23)C=CC1NC1=CC=CCC1N. The molecule has 1 aromatic heterocycles. The fraction of sp³-hybridized carbons (Fsp3) is 0.128. The summed E-state index contributed by atoms with van der Waals surface area (Å²) < 4.78 is 6.30. The van der Waals surface area contributed by atoms with Crippen LogP contribution >= 0.6 is 0 Å². The summed E-state index contributed by atoms with van der Waals surface area (Å²) in [7, 11) is 0. The Morgan fingerprint density at radius 2 is 1.38 bits per heavy atom. The third-order valence-corrected chi connectivity index (χ3v) is 8.92. The number of furan rings is 1. The highest BCUT2D eigenvalue weighted by Crippen LogP contribution is 2.46. The number of para-hydroxylation sites is 1. The number of allylic oxidation sites excluding steroid dienone is 4. The summed E-state index contributed by atoms with van der Waals surface area (Å²) in [4.78, 5) is 0. The van der Waals surface area contributed by atoms with Crippen LogP contribution in [-0.4, -0.2) is 12.1 Å². The predicted molar refractivity (Wildman–Crippen MR) is 177 cm³/mol. The second-order valence-corrected chi connectivity index (χ2v) is 11.5. The van der Waals surface area contributed by atoms with Gasteiger partial charge in [-0.3, -0.25) is 0 Å². The van der Waals surface area contributed by atoms with Gasteiger partial charge in [-0.1, -0.05) is 116 Å². The quantitative estimate of drug-likeness (QED) is 0.217. The Kier molecular flexibility index (Phi) is 5.87. The second kappa shape index (κ2) is 9.90. The van der Waals surface area contributed by atoms with Crippen LogP contribution in [0, 0.1) is 5.92 Å². The number of rotatable bonds is 4. The molecule has 0 bridgehead atoms. The zero-order valence-corrected chi connectivity index (χ0v) is 23.5. The third kappa shape index (κ3) is 3.93. The van der Waals surface area contributed by atoms with Crippen LogP contribution in [0.4, 0.5) is 0 Å². The Bertz CT molecular complexity index is 2080. The number of nitrogens with two attached hydrogens (primary N) is 1. The van der Waals surface area contributed by atoms with Gasteiger partial charge in [0.25, 0.3) is 0 Å². The van der Waals surface area contributed by atoms with E-state index in [9.17, 15) is 0 Å². The van der Waals surface area contributed by atoms with Crippen molar-refractivity contribution in [3.63, 3.8) is 0 Å². The number of fused-ring (bicyclic) bond motifs is 5. The van der Waals surface area contributed by atoms with Crippen LogP contribution in [0.2, 0.25) is 0 Å². The largest absolute Gasteiger partial charge is 0.456 e. The molecule has 6 aromatic rings. The Morgan fingerprint density at radius 1 is 0.738 bits per heavy atom. The molecule has 0 radical (unpaired) electrons. The number of benzene rings is 5. The lowest BCUT2D eigenvalue weighted by atomic mass is 9.82. The number of hydrogen-bond donors (Lipinski definition) is 2. The molecule has 3 heteroatoms. The normalized spacial score (nSPS) is 20.4. The van der Waals surface area contributed by atoms with Gasteiger partial charge in [-0.15, -0.1) is 0 Å². The Morgan fingerprint density at radius 3 is 2.07 bits per heavy atom. The molecule has 5 aromatic carbocycles. The fourth-order valence-electron chi connectivity index (χ4n) is 6.88. The molecule has 2 aliphatic rings. The van der Waals surface area contributed by atoms with E-state index in [4.69, 9.17) is 10.2 Å². The second-order valence-electron chi connectivity index (χ2n) is 11.5. The minimum atomic E-state index is 0.0261. The minimum absolute atomic E-state index is 0.0261. The van der Waals surface area contributed by atoms with Crippen LogP contribution in [0.25, 0.3) is 60.2 Å². The van der Waals surface area contributed by atoms with Crippen LogP contribution in [0.15, 0.2) is 138 Å². The Labute approximate surface area is 245 Å². The maximum Gasteiger partial charge on any atom is 0.136 e. The summed E-state index contributed by atoms with van der Waals surface area (Å²) in [6.45, 7) is 2.29. The molecule has 3 N–H and O–H groups in total. The van der Waals surface area contributed by atoms with Gasteiger partial charge >= 0.3 is 0 Å². The summed E-state index contributed by atoms with van der Waals surface area (Å²) in [5.74, 6) is 0.298. The van der Waals surface area contributed by atoms with Crippen molar-refractivity contribution in [1.29, 1.82) is 0 Å². The van der Waals surface area contributed by atoms with E-state index in [-0.39, 0.29) is 12.1 Å². The van der Waals surface area contributed by atoms with Crippen LogP contribution in [0.3, 0.4) is 0 Å². The van der Waals surface area contributed by atoms with Crippen molar-refractivity contribution >= 4 is 49.1 Å². The molecule has 0 saturated heterocycles. The monoisotopic (exact) mass is 544 g/mol.